The predicted octanol–water partition coefficient (Wildman–Crippen LogP) is 2.05. The molecule has 0 saturated heterocycles. The molecule has 0 aliphatic heterocycles. The van der Waals surface area contributed by atoms with Gasteiger partial charge in [-0.25, -0.2) is 4.39 Å². The van der Waals surface area contributed by atoms with Gasteiger partial charge in [-0.05, 0) is 32.4 Å². The Bertz CT molecular complexity index is 391. The van der Waals surface area contributed by atoms with Crippen LogP contribution in [-0.4, -0.2) is 24.3 Å². The van der Waals surface area contributed by atoms with Crippen molar-refractivity contribution in [1.82, 2.24) is 0 Å². The Morgan fingerprint density at radius 3 is 2.53 bits per heavy atom. The summed E-state index contributed by atoms with van der Waals surface area (Å²) >= 11 is 0. The molecule has 96 valence electrons. The topological polar surface area (TPSA) is 49.5 Å². The van der Waals surface area contributed by atoms with Crippen molar-refractivity contribution in [3.8, 4) is 0 Å². The molecule has 0 radical (unpaired) electrons. The zero-order valence-corrected chi connectivity index (χ0v) is 10.9. The number of aliphatic hydroxyl groups is 1. The Kier molecular flexibility index (Phi) is 4.11. The molecule has 4 heteroatoms. The van der Waals surface area contributed by atoms with Crippen molar-refractivity contribution in [2.45, 2.75) is 32.4 Å². The summed E-state index contributed by atoms with van der Waals surface area (Å²) in [5, 5.41) is 9.35. The molecular weight excluding hydrogens is 219 g/mol. The Morgan fingerprint density at radius 1 is 1.47 bits per heavy atom. The molecule has 1 aromatic carbocycles. The van der Waals surface area contributed by atoms with E-state index in [-0.39, 0.29) is 18.5 Å². The minimum atomic E-state index is -0.536. The van der Waals surface area contributed by atoms with Crippen molar-refractivity contribution >= 4 is 5.69 Å². The van der Waals surface area contributed by atoms with E-state index in [1.807, 2.05) is 26.8 Å². The number of aliphatic hydroxyl groups excluding tert-OH is 1. The van der Waals surface area contributed by atoms with Gasteiger partial charge in [-0.15, -0.1) is 0 Å². The summed E-state index contributed by atoms with van der Waals surface area (Å²) < 4.78 is 13.9. The third kappa shape index (κ3) is 2.76. The summed E-state index contributed by atoms with van der Waals surface area (Å²) in [6, 6.07) is 4.62. The van der Waals surface area contributed by atoms with E-state index >= 15 is 0 Å². The highest BCUT2D eigenvalue weighted by Crippen LogP contribution is 2.31. The molecule has 0 aromatic heterocycles. The Hall–Kier alpha value is -1.13. The van der Waals surface area contributed by atoms with Crippen LogP contribution in [0.15, 0.2) is 18.2 Å². The van der Waals surface area contributed by atoms with Crippen molar-refractivity contribution < 1.29 is 9.50 Å². The number of hydrogen-bond donors (Lipinski definition) is 2. The summed E-state index contributed by atoms with van der Waals surface area (Å²) in [4.78, 5) is 1.74. The molecule has 0 heterocycles. The first-order valence-corrected chi connectivity index (χ1v) is 5.70. The van der Waals surface area contributed by atoms with Crippen LogP contribution >= 0.6 is 0 Å². The zero-order valence-electron chi connectivity index (χ0n) is 10.9. The van der Waals surface area contributed by atoms with Gasteiger partial charge in [0.1, 0.15) is 5.82 Å². The van der Waals surface area contributed by atoms with Crippen LogP contribution < -0.4 is 10.6 Å². The lowest BCUT2D eigenvalue weighted by Crippen LogP contribution is -2.45. The average Bonchev–Trinajstić information content (AvgIpc) is 2.27. The van der Waals surface area contributed by atoms with Gasteiger partial charge < -0.3 is 15.7 Å². The SMILES string of the molecule is CC(N)c1cccc(F)c1N(C)C(C)(C)CO. The first kappa shape index (κ1) is 13.9. The van der Waals surface area contributed by atoms with Crippen LogP contribution in [0.1, 0.15) is 32.4 Å². The van der Waals surface area contributed by atoms with Crippen molar-refractivity contribution in [2.24, 2.45) is 5.73 Å². The maximum Gasteiger partial charge on any atom is 0.146 e. The van der Waals surface area contributed by atoms with Crippen molar-refractivity contribution in [1.29, 1.82) is 0 Å². The fourth-order valence-electron chi connectivity index (χ4n) is 1.66. The van der Waals surface area contributed by atoms with Gasteiger partial charge in [0.25, 0.3) is 0 Å². The molecule has 17 heavy (non-hydrogen) atoms. The van der Waals surface area contributed by atoms with Crippen LogP contribution in [0.25, 0.3) is 0 Å². The molecule has 1 atom stereocenters. The molecule has 0 bridgehead atoms. The van der Waals surface area contributed by atoms with Gasteiger partial charge in [-0.1, -0.05) is 12.1 Å². The third-order valence-electron chi connectivity index (χ3n) is 3.14. The maximum atomic E-state index is 13.9. The van der Waals surface area contributed by atoms with E-state index in [0.29, 0.717) is 5.69 Å². The molecular formula is C13H21FN2O. The van der Waals surface area contributed by atoms with E-state index in [4.69, 9.17) is 5.73 Å². The monoisotopic (exact) mass is 240 g/mol. The number of anilines is 1. The number of halogens is 1. The number of nitrogens with zero attached hydrogens (tertiary/aromatic N) is 1. The van der Waals surface area contributed by atoms with E-state index in [0.717, 1.165) is 5.56 Å². The lowest BCUT2D eigenvalue weighted by atomic mass is 9.99. The molecule has 1 aromatic rings. The molecule has 0 amide bonds. The quantitative estimate of drug-likeness (QED) is 0.847. The molecule has 3 N–H and O–H groups in total. The van der Waals surface area contributed by atoms with Crippen LogP contribution in [0, 0.1) is 5.82 Å². The van der Waals surface area contributed by atoms with Crippen LogP contribution in [0.2, 0.25) is 0 Å². The van der Waals surface area contributed by atoms with Gasteiger partial charge in [-0.3, -0.25) is 0 Å². The molecule has 0 fully saturated rings. The fourth-order valence-corrected chi connectivity index (χ4v) is 1.66. The predicted molar refractivity (Wildman–Crippen MR) is 68.6 cm³/mol. The van der Waals surface area contributed by atoms with Gasteiger partial charge >= 0.3 is 0 Å². The molecule has 3 nitrogen and oxygen atoms in total. The first-order chi connectivity index (χ1) is 7.81. The van der Waals surface area contributed by atoms with Crippen molar-refractivity contribution in [3.05, 3.63) is 29.6 Å². The number of nitrogens with two attached hydrogens (primary N) is 1. The number of hydrogen-bond acceptors (Lipinski definition) is 3. The lowest BCUT2D eigenvalue weighted by Gasteiger charge is -2.37. The summed E-state index contributed by atoms with van der Waals surface area (Å²) in [6.45, 7) is 5.46. The second-order valence-corrected chi connectivity index (χ2v) is 5.00. The van der Waals surface area contributed by atoms with Crippen LogP contribution in [0.4, 0.5) is 10.1 Å². The third-order valence-corrected chi connectivity index (χ3v) is 3.14. The van der Waals surface area contributed by atoms with E-state index in [1.165, 1.54) is 6.07 Å². The van der Waals surface area contributed by atoms with E-state index in [1.54, 1.807) is 18.0 Å². The number of para-hydroxylation sites is 1. The largest absolute Gasteiger partial charge is 0.394 e. The van der Waals surface area contributed by atoms with E-state index in [2.05, 4.69) is 0 Å². The highest BCUT2D eigenvalue weighted by Gasteiger charge is 2.27. The molecule has 0 aliphatic rings. The average molecular weight is 240 g/mol. The van der Waals surface area contributed by atoms with Crippen LogP contribution in [0.3, 0.4) is 0 Å². The fraction of sp³-hybridized carbons (Fsp3) is 0.538. The van der Waals surface area contributed by atoms with Gasteiger partial charge in [0.2, 0.25) is 0 Å². The maximum absolute atomic E-state index is 13.9. The minimum absolute atomic E-state index is 0.0593. The van der Waals surface area contributed by atoms with Gasteiger partial charge in [0.05, 0.1) is 17.8 Å². The van der Waals surface area contributed by atoms with Gasteiger partial charge in [-0.2, -0.15) is 0 Å². The summed E-state index contributed by atoms with van der Waals surface area (Å²) in [5.74, 6) is -0.316. The van der Waals surface area contributed by atoms with E-state index in [9.17, 15) is 9.50 Å². The lowest BCUT2D eigenvalue weighted by molar-refractivity contribution is 0.215. The Morgan fingerprint density at radius 2 is 2.06 bits per heavy atom. The van der Waals surface area contributed by atoms with Crippen molar-refractivity contribution in [3.63, 3.8) is 0 Å². The number of benzene rings is 1. The zero-order chi connectivity index (χ0) is 13.2. The summed E-state index contributed by atoms with van der Waals surface area (Å²) in [7, 11) is 1.76. The highest BCUT2D eigenvalue weighted by atomic mass is 19.1. The molecule has 0 aliphatic carbocycles. The van der Waals surface area contributed by atoms with Crippen LogP contribution in [-0.2, 0) is 0 Å². The second-order valence-electron chi connectivity index (χ2n) is 5.00. The summed E-state index contributed by atoms with van der Waals surface area (Å²) in [5.41, 5.74) is 6.52. The second kappa shape index (κ2) is 5.02. The number of likely N-dealkylation sites (N-methyl/N-ethyl adjacent to an activating group) is 1. The molecule has 1 unspecified atom stereocenters. The van der Waals surface area contributed by atoms with E-state index < -0.39 is 5.54 Å². The normalized spacial score (nSPS) is 13.6. The highest BCUT2D eigenvalue weighted by molar-refractivity contribution is 5.57. The van der Waals surface area contributed by atoms with Gasteiger partial charge in [0.15, 0.2) is 0 Å². The first-order valence-electron chi connectivity index (χ1n) is 5.70. The number of rotatable bonds is 4. The Balaban J connectivity index is 3.29. The minimum Gasteiger partial charge on any atom is -0.394 e. The summed E-state index contributed by atoms with van der Waals surface area (Å²) in [6.07, 6.45) is 0. The Labute approximate surface area is 102 Å². The van der Waals surface area contributed by atoms with Crippen molar-refractivity contribution in [2.75, 3.05) is 18.6 Å². The molecule has 1 rings (SSSR count). The smallest absolute Gasteiger partial charge is 0.146 e. The van der Waals surface area contributed by atoms with Crippen LogP contribution in [0.5, 0.6) is 0 Å². The van der Waals surface area contributed by atoms with Gasteiger partial charge in [0, 0.05) is 13.1 Å². The molecule has 0 spiro atoms. The molecule has 0 saturated carbocycles. The standard InChI is InChI=1S/C13H21FN2O/c1-9(15)10-6-5-7-11(14)12(10)16(4)13(2,3)8-17/h5-7,9,17H,8,15H2,1-4H3.